The van der Waals surface area contributed by atoms with Gasteiger partial charge in [0, 0.05) is 12.1 Å². The van der Waals surface area contributed by atoms with Crippen LogP contribution in [-0.2, 0) is 6.61 Å². The predicted molar refractivity (Wildman–Crippen MR) is 94.3 cm³/mol. The highest BCUT2D eigenvalue weighted by Gasteiger charge is 2.11. The van der Waals surface area contributed by atoms with E-state index >= 15 is 0 Å². The van der Waals surface area contributed by atoms with Crippen LogP contribution in [0.4, 0.5) is 0 Å². The lowest BCUT2D eigenvalue weighted by atomic mass is 10.0. The van der Waals surface area contributed by atoms with Gasteiger partial charge in [0.05, 0.1) is 10.0 Å². The number of phenolic OH excluding ortho intramolecular Hbond substituents is 1. The van der Waals surface area contributed by atoms with Crippen LogP contribution in [0.15, 0.2) is 66.7 Å². The molecule has 0 aliphatic heterocycles. The standard InChI is InChI=1S/C19H14Cl2O2/c20-17-10-15(22)11-18(21)19(17)23-12-14-8-4-5-9-16(14)13-6-2-1-3-7-13/h1-11,22H,12H2. The molecule has 0 aromatic heterocycles. The van der Waals surface area contributed by atoms with Crippen molar-refractivity contribution in [3.8, 4) is 22.6 Å². The maximum atomic E-state index is 9.47. The summed E-state index contributed by atoms with van der Waals surface area (Å²) in [6.07, 6.45) is 0. The van der Waals surface area contributed by atoms with E-state index in [1.807, 2.05) is 42.5 Å². The minimum Gasteiger partial charge on any atom is -0.508 e. The Balaban J connectivity index is 1.88. The fraction of sp³-hybridized carbons (Fsp3) is 0.0526. The van der Waals surface area contributed by atoms with Crippen LogP contribution in [0.5, 0.6) is 11.5 Å². The van der Waals surface area contributed by atoms with Crippen molar-refractivity contribution >= 4 is 23.2 Å². The van der Waals surface area contributed by atoms with E-state index < -0.39 is 0 Å². The van der Waals surface area contributed by atoms with Crippen LogP contribution in [0.25, 0.3) is 11.1 Å². The van der Waals surface area contributed by atoms with Crippen molar-refractivity contribution < 1.29 is 9.84 Å². The molecular weight excluding hydrogens is 331 g/mol. The fourth-order valence-electron chi connectivity index (χ4n) is 2.38. The van der Waals surface area contributed by atoms with Gasteiger partial charge in [0.15, 0.2) is 5.75 Å². The van der Waals surface area contributed by atoms with Gasteiger partial charge in [-0.25, -0.2) is 0 Å². The van der Waals surface area contributed by atoms with E-state index in [1.54, 1.807) is 0 Å². The molecule has 0 atom stereocenters. The third kappa shape index (κ3) is 3.61. The number of hydrogen-bond acceptors (Lipinski definition) is 2. The number of hydrogen-bond donors (Lipinski definition) is 1. The number of benzene rings is 3. The highest BCUT2D eigenvalue weighted by molar-refractivity contribution is 6.37. The van der Waals surface area contributed by atoms with Gasteiger partial charge in [-0.1, -0.05) is 77.8 Å². The molecule has 0 spiro atoms. The lowest BCUT2D eigenvalue weighted by Crippen LogP contribution is -1.99. The molecule has 0 heterocycles. The van der Waals surface area contributed by atoms with Gasteiger partial charge in [0.25, 0.3) is 0 Å². The van der Waals surface area contributed by atoms with Crippen molar-refractivity contribution in [1.29, 1.82) is 0 Å². The molecule has 0 radical (unpaired) electrons. The Labute approximate surface area is 144 Å². The summed E-state index contributed by atoms with van der Waals surface area (Å²) in [5, 5.41) is 10.0. The molecular formula is C19H14Cl2O2. The van der Waals surface area contributed by atoms with Gasteiger partial charge in [-0.2, -0.15) is 0 Å². The zero-order valence-electron chi connectivity index (χ0n) is 12.2. The van der Waals surface area contributed by atoms with E-state index in [-0.39, 0.29) is 15.8 Å². The second-order valence-electron chi connectivity index (χ2n) is 5.05. The first kappa shape index (κ1) is 15.7. The Morgan fingerprint density at radius 1 is 0.826 bits per heavy atom. The monoisotopic (exact) mass is 344 g/mol. The van der Waals surface area contributed by atoms with E-state index in [9.17, 15) is 5.11 Å². The molecule has 0 amide bonds. The molecule has 2 nitrogen and oxygen atoms in total. The van der Waals surface area contributed by atoms with E-state index in [0.29, 0.717) is 12.4 Å². The summed E-state index contributed by atoms with van der Waals surface area (Å²) in [5.74, 6) is 0.381. The van der Waals surface area contributed by atoms with E-state index in [1.165, 1.54) is 12.1 Å². The van der Waals surface area contributed by atoms with Crippen LogP contribution in [0.3, 0.4) is 0 Å². The number of phenols is 1. The number of rotatable bonds is 4. The largest absolute Gasteiger partial charge is 0.508 e. The third-order valence-corrected chi connectivity index (χ3v) is 4.02. The van der Waals surface area contributed by atoms with Gasteiger partial charge < -0.3 is 9.84 Å². The molecule has 0 aliphatic rings. The van der Waals surface area contributed by atoms with Crippen LogP contribution in [0.1, 0.15) is 5.56 Å². The molecule has 0 unspecified atom stereocenters. The van der Waals surface area contributed by atoms with Crippen LogP contribution < -0.4 is 4.74 Å². The summed E-state index contributed by atoms with van der Waals surface area (Å²) in [7, 11) is 0. The lowest BCUT2D eigenvalue weighted by molar-refractivity contribution is 0.306. The van der Waals surface area contributed by atoms with Gasteiger partial charge in [-0.3, -0.25) is 0 Å². The maximum Gasteiger partial charge on any atom is 0.157 e. The number of halogens is 2. The Morgan fingerprint density at radius 2 is 1.43 bits per heavy atom. The molecule has 1 N–H and O–H groups in total. The zero-order chi connectivity index (χ0) is 16.2. The second-order valence-corrected chi connectivity index (χ2v) is 5.86. The first-order chi connectivity index (χ1) is 11.1. The minimum absolute atomic E-state index is 0.0111. The second kappa shape index (κ2) is 6.95. The third-order valence-electron chi connectivity index (χ3n) is 3.46. The summed E-state index contributed by atoms with van der Waals surface area (Å²) < 4.78 is 5.80. The molecule has 116 valence electrons. The molecule has 0 saturated carbocycles. The number of aromatic hydroxyl groups is 1. The quantitative estimate of drug-likeness (QED) is 0.634. The molecule has 0 fully saturated rings. The Kier molecular flexibility index (Phi) is 4.75. The smallest absolute Gasteiger partial charge is 0.157 e. The Bertz CT molecular complexity index is 794. The average Bonchev–Trinajstić information content (AvgIpc) is 2.55. The van der Waals surface area contributed by atoms with Gasteiger partial charge in [0.2, 0.25) is 0 Å². The molecule has 0 bridgehead atoms. The first-order valence-electron chi connectivity index (χ1n) is 7.09. The molecule has 3 aromatic rings. The molecule has 0 aliphatic carbocycles. The van der Waals surface area contributed by atoms with Crippen LogP contribution in [0, 0.1) is 0 Å². The fourth-order valence-corrected chi connectivity index (χ4v) is 2.96. The summed E-state index contributed by atoms with van der Waals surface area (Å²) in [6.45, 7) is 0.329. The summed E-state index contributed by atoms with van der Waals surface area (Å²) >= 11 is 12.2. The Morgan fingerprint density at radius 3 is 2.13 bits per heavy atom. The van der Waals surface area contributed by atoms with Crippen molar-refractivity contribution in [1.82, 2.24) is 0 Å². The SMILES string of the molecule is Oc1cc(Cl)c(OCc2ccccc2-c2ccccc2)c(Cl)c1. The van der Waals surface area contributed by atoms with Gasteiger partial charge in [-0.05, 0) is 16.7 Å². The van der Waals surface area contributed by atoms with E-state index in [0.717, 1.165) is 16.7 Å². The Hall–Kier alpha value is -2.16. The minimum atomic E-state index is 0.0111. The topological polar surface area (TPSA) is 29.5 Å². The molecule has 3 rings (SSSR count). The van der Waals surface area contributed by atoms with Gasteiger partial charge in [0.1, 0.15) is 12.4 Å². The predicted octanol–water partition coefficient (Wildman–Crippen LogP) is 5.95. The zero-order valence-corrected chi connectivity index (χ0v) is 13.7. The summed E-state index contributed by atoms with van der Waals surface area (Å²) in [6, 6.07) is 20.9. The van der Waals surface area contributed by atoms with Crippen molar-refractivity contribution in [2.24, 2.45) is 0 Å². The lowest BCUT2D eigenvalue weighted by Gasteiger charge is -2.13. The van der Waals surface area contributed by atoms with E-state index in [2.05, 4.69) is 12.1 Å². The molecule has 3 aromatic carbocycles. The average molecular weight is 345 g/mol. The summed E-state index contributed by atoms with van der Waals surface area (Å²) in [4.78, 5) is 0. The first-order valence-corrected chi connectivity index (χ1v) is 7.85. The van der Waals surface area contributed by atoms with Crippen molar-refractivity contribution in [3.05, 3.63) is 82.3 Å². The van der Waals surface area contributed by atoms with Crippen molar-refractivity contribution in [2.75, 3.05) is 0 Å². The van der Waals surface area contributed by atoms with Crippen LogP contribution >= 0.6 is 23.2 Å². The molecule has 0 saturated heterocycles. The highest BCUT2D eigenvalue weighted by Crippen LogP contribution is 2.37. The highest BCUT2D eigenvalue weighted by atomic mass is 35.5. The van der Waals surface area contributed by atoms with Crippen molar-refractivity contribution in [2.45, 2.75) is 6.61 Å². The normalized spacial score (nSPS) is 10.5. The van der Waals surface area contributed by atoms with Crippen LogP contribution in [-0.4, -0.2) is 5.11 Å². The maximum absolute atomic E-state index is 9.47. The molecule has 4 heteroatoms. The van der Waals surface area contributed by atoms with Gasteiger partial charge in [-0.15, -0.1) is 0 Å². The van der Waals surface area contributed by atoms with Crippen molar-refractivity contribution in [3.63, 3.8) is 0 Å². The van der Waals surface area contributed by atoms with Gasteiger partial charge >= 0.3 is 0 Å². The number of ether oxygens (including phenoxy) is 1. The summed E-state index contributed by atoms with van der Waals surface area (Å²) in [5.41, 5.74) is 3.24. The van der Waals surface area contributed by atoms with Crippen LogP contribution in [0.2, 0.25) is 10.0 Å². The van der Waals surface area contributed by atoms with E-state index in [4.69, 9.17) is 27.9 Å². The molecule has 23 heavy (non-hydrogen) atoms.